The third-order valence-electron chi connectivity index (χ3n) is 4.78. The van der Waals surface area contributed by atoms with E-state index in [2.05, 4.69) is 20.6 Å². The number of H-pyrrole nitrogens is 1. The molecule has 1 saturated carbocycles. The molecule has 1 aromatic heterocycles. The van der Waals surface area contributed by atoms with Gasteiger partial charge < -0.3 is 20.7 Å². The van der Waals surface area contributed by atoms with Crippen LogP contribution in [-0.4, -0.2) is 33.3 Å². The summed E-state index contributed by atoms with van der Waals surface area (Å²) in [4.78, 5) is 19.9. The first-order valence-corrected chi connectivity index (χ1v) is 8.68. The Morgan fingerprint density at radius 1 is 1.38 bits per heavy atom. The van der Waals surface area contributed by atoms with Crippen LogP contribution in [0.25, 0.3) is 11.0 Å². The number of aryl methyl sites for hydroxylation is 1. The normalized spacial score (nSPS) is 18.3. The number of nitrogens with zero attached hydrogens (tertiary/aromatic N) is 1. The largest absolute Gasteiger partial charge is 0.388 e. The Kier molecular flexibility index (Phi) is 4.76. The fourth-order valence-corrected chi connectivity index (χ4v) is 3.30. The SMILES string of the molecule is Cc1ccc2nc(C(C)NC(=O)NCC3(O)CCCCC3)[nH]c2c1. The van der Waals surface area contributed by atoms with Crippen LogP contribution < -0.4 is 10.6 Å². The lowest BCUT2D eigenvalue weighted by Crippen LogP contribution is -2.47. The number of hydrogen-bond acceptors (Lipinski definition) is 3. The van der Waals surface area contributed by atoms with Crippen LogP contribution in [0.1, 0.15) is 56.5 Å². The minimum atomic E-state index is -0.754. The molecule has 0 spiro atoms. The number of fused-ring (bicyclic) bond motifs is 1. The van der Waals surface area contributed by atoms with Gasteiger partial charge in [-0.1, -0.05) is 25.3 Å². The highest BCUT2D eigenvalue weighted by Gasteiger charge is 2.29. The molecule has 24 heavy (non-hydrogen) atoms. The van der Waals surface area contributed by atoms with Crippen molar-refractivity contribution in [2.75, 3.05) is 6.54 Å². The standard InChI is InChI=1S/C18H26N4O2/c1-12-6-7-14-15(10-12)22-16(21-14)13(2)20-17(23)19-11-18(24)8-4-3-5-9-18/h6-7,10,13,24H,3-5,8-9,11H2,1-2H3,(H,21,22)(H2,19,20,23). The Labute approximate surface area is 142 Å². The molecule has 2 aromatic rings. The number of urea groups is 1. The minimum Gasteiger partial charge on any atom is -0.388 e. The van der Waals surface area contributed by atoms with E-state index >= 15 is 0 Å². The molecule has 1 heterocycles. The summed E-state index contributed by atoms with van der Waals surface area (Å²) in [5, 5.41) is 16.1. The van der Waals surface area contributed by atoms with Crippen molar-refractivity contribution in [1.29, 1.82) is 0 Å². The van der Waals surface area contributed by atoms with E-state index in [9.17, 15) is 9.90 Å². The number of rotatable bonds is 4. The average molecular weight is 330 g/mol. The molecule has 1 aromatic carbocycles. The molecule has 0 bridgehead atoms. The van der Waals surface area contributed by atoms with Crippen molar-refractivity contribution >= 4 is 17.1 Å². The van der Waals surface area contributed by atoms with Gasteiger partial charge in [0.05, 0.1) is 22.7 Å². The molecule has 1 aliphatic carbocycles. The van der Waals surface area contributed by atoms with Gasteiger partial charge in [-0.3, -0.25) is 0 Å². The third-order valence-corrected chi connectivity index (χ3v) is 4.78. The topological polar surface area (TPSA) is 90.0 Å². The summed E-state index contributed by atoms with van der Waals surface area (Å²) in [6.45, 7) is 4.22. The lowest BCUT2D eigenvalue weighted by atomic mass is 9.85. The summed E-state index contributed by atoms with van der Waals surface area (Å²) < 4.78 is 0. The van der Waals surface area contributed by atoms with Crippen molar-refractivity contribution in [3.05, 3.63) is 29.6 Å². The maximum atomic E-state index is 12.1. The maximum Gasteiger partial charge on any atom is 0.315 e. The summed E-state index contributed by atoms with van der Waals surface area (Å²) in [5.41, 5.74) is 2.27. The monoisotopic (exact) mass is 330 g/mol. The molecule has 0 radical (unpaired) electrons. The van der Waals surface area contributed by atoms with Crippen LogP contribution in [0, 0.1) is 6.92 Å². The molecule has 0 saturated heterocycles. The first-order valence-electron chi connectivity index (χ1n) is 8.68. The molecular weight excluding hydrogens is 304 g/mol. The summed E-state index contributed by atoms with van der Waals surface area (Å²) in [6, 6.07) is 5.51. The van der Waals surface area contributed by atoms with Crippen LogP contribution in [0.5, 0.6) is 0 Å². The molecule has 3 rings (SSSR count). The van der Waals surface area contributed by atoms with E-state index in [-0.39, 0.29) is 12.1 Å². The van der Waals surface area contributed by atoms with Crippen molar-refractivity contribution in [3.8, 4) is 0 Å². The van der Waals surface area contributed by atoms with Gasteiger partial charge in [-0.05, 0) is 44.4 Å². The average Bonchev–Trinajstić information content (AvgIpc) is 2.97. The predicted molar refractivity (Wildman–Crippen MR) is 93.8 cm³/mol. The molecule has 6 nitrogen and oxygen atoms in total. The Morgan fingerprint density at radius 2 is 2.12 bits per heavy atom. The Hall–Kier alpha value is -2.08. The van der Waals surface area contributed by atoms with Crippen molar-refractivity contribution in [3.63, 3.8) is 0 Å². The van der Waals surface area contributed by atoms with E-state index in [1.165, 1.54) is 0 Å². The van der Waals surface area contributed by atoms with Crippen molar-refractivity contribution in [1.82, 2.24) is 20.6 Å². The molecule has 0 aliphatic heterocycles. The second-order valence-electron chi connectivity index (χ2n) is 6.98. The zero-order valence-electron chi connectivity index (χ0n) is 14.4. The summed E-state index contributed by atoms with van der Waals surface area (Å²) in [6.07, 6.45) is 4.72. The number of imidazole rings is 1. The van der Waals surface area contributed by atoms with Crippen LogP contribution in [0.15, 0.2) is 18.2 Å². The van der Waals surface area contributed by atoms with E-state index < -0.39 is 5.60 Å². The van der Waals surface area contributed by atoms with Gasteiger partial charge in [-0.25, -0.2) is 9.78 Å². The van der Waals surface area contributed by atoms with E-state index in [1.807, 2.05) is 32.0 Å². The van der Waals surface area contributed by atoms with E-state index in [0.29, 0.717) is 6.54 Å². The number of aromatic amines is 1. The summed E-state index contributed by atoms with van der Waals surface area (Å²) >= 11 is 0. The van der Waals surface area contributed by atoms with Gasteiger partial charge in [0.2, 0.25) is 0 Å². The quantitative estimate of drug-likeness (QED) is 0.695. The van der Waals surface area contributed by atoms with Gasteiger partial charge in [0.15, 0.2) is 0 Å². The molecule has 1 atom stereocenters. The number of benzene rings is 1. The molecule has 4 N–H and O–H groups in total. The number of aromatic nitrogens is 2. The van der Waals surface area contributed by atoms with Gasteiger partial charge in [-0.2, -0.15) is 0 Å². The highest BCUT2D eigenvalue weighted by molar-refractivity contribution is 5.77. The van der Waals surface area contributed by atoms with Gasteiger partial charge in [0.1, 0.15) is 5.82 Å². The summed E-state index contributed by atoms with van der Waals surface area (Å²) in [5.74, 6) is 0.724. The molecule has 1 aliphatic rings. The van der Waals surface area contributed by atoms with E-state index in [1.54, 1.807) is 0 Å². The first kappa shape index (κ1) is 16.8. The smallest absolute Gasteiger partial charge is 0.315 e. The number of hydrogen-bond donors (Lipinski definition) is 4. The number of amides is 2. The summed E-state index contributed by atoms with van der Waals surface area (Å²) in [7, 11) is 0. The highest BCUT2D eigenvalue weighted by Crippen LogP contribution is 2.27. The lowest BCUT2D eigenvalue weighted by molar-refractivity contribution is 0.00713. The Bertz CT molecular complexity index is 719. The van der Waals surface area contributed by atoms with Crippen LogP contribution in [0.3, 0.4) is 0 Å². The molecular formula is C18H26N4O2. The van der Waals surface area contributed by atoms with Crippen LogP contribution in [-0.2, 0) is 0 Å². The van der Waals surface area contributed by atoms with Gasteiger partial charge in [0.25, 0.3) is 0 Å². The van der Waals surface area contributed by atoms with E-state index in [4.69, 9.17) is 0 Å². The first-order chi connectivity index (χ1) is 11.5. The van der Waals surface area contributed by atoms with Crippen molar-refractivity contribution < 1.29 is 9.90 Å². The molecule has 6 heteroatoms. The fraction of sp³-hybridized carbons (Fsp3) is 0.556. The molecule has 1 fully saturated rings. The Morgan fingerprint density at radius 3 is 2.88 bits per heavy atom. The van der Waals surface area contributed by atoms with Gasteiger partial charge in [0, 0.05) is 6.54 Å². The van der Waals surface area contributed by atoms with E-state index in [0.717, 1.165) is 54.5 Å². The number of carbonyl (C=O) groups is 1. The second kappa shape index (κ2) is 6.81. The zero-order chi connectivity index (χ0) is 17.2. The Balaban J connectivity index is 1.56. The van der Waals surface area contributed by atoms with Crippen LogP contribution >= 0.6 is 0 Å². The second-order valence-corrected chi connectivity index (χ2v) is 6.98. The van der Waals surface area contributed by atoms with Crippen LogP contribution in [0.2, 0.25) is 0 Å². The number of nitrogens with one attached hydrogen (secondary N) is 3. The predicted octanol–water partition coefficient (Wildman–Crippen LogP) is 2.93. The third kappa shape index (κ3) is 3.87. The minimum absolute atomic E-state index is 0.237. The molecule has 2 amide bonds. The van der Waals surface area contributed by atoms with Crippen LogP contribution in [0.4, 0.5) is 4.79 Å². The van der Waals surface area contributed by atoms with Crippen molar-refractivity contribution in [2.24, 2.45) is 0 Å². The molecule has 130 valence electrons. The molecule has 1 unspecified atom stereocenters. The fourth-order valence-electron chi connectivity index (χ4n) is 3.30. The van der Waals surface area contributed by atoms with Gasteiger partial charge in [-0.15, -0.1) is 0 Å². The number of carbonyl (C=O) groups excluding carboxylic acids is 1. The van der Waals surface area contributed by atoms with Gasteiger partial charge >= 0.3 is 6.03 Å². The zero-order valence-corrected chi connectivity index (χ0v) is 14.4. The highest BCUT2D eigenvalue weighted by atomic mass is 16.3. The lowest BCUT2D eigenvalue weighted by Gasteiger charge is -2.32. The van der Waals surface area contributed by atoms with Crippen molar-refractivity contribution in [2.45, 2.75) is 57.6 Å². The maximum absolute atomic E-state index is 12.1. The number of aliphatic hydroxyl groups is 1.